The van der Waals surface area contributed by atoms with Crippen molar-refractivity contribution in [1.82, 2.24) is 9.55 Å². The highest BCUT2D eigenvalue weighted by molar-refractivity contribution is 6.18. The molecule has 2 rings (SSSR count). The molecule has 4 heteroatoms. The van der Waals surface area contributed by atoms with E-state index in [-0.39, 0.29) is 0 Å². The third kappa shape index (κ3) is 2.71. The Balaban J connectivity index is 2.46. The normalized spacial score (nSPS) is 11.4. The van der Waals surface area contributed by atoms with E-state index in [4.69, 9.17) is 16.6 Å². The fourth-order valence-corrected chi connectivity index (χ4v) is 2.84. The Kier molecular flexibility index (Phi) is 4.70. The van der Waals surface area contributed by atoms with E-state index in [0.29, 0.717) is 11.9 Å². The molecule has 2 aromatic rings. The topological polar surface area (TPSA) is 21.1 Å². The Labute approximate surface area is 120 Å². The second-order valence-corrected chi connectivity index (χ2v) is 5.19. The summed E-state index contributed by atoms with van der Waals surface area (Å²) in [6.45, 7) is 5.28. The van der Waals surface area contributed by atoms with Gasteiger partial charge in [-0.1, -0.05) is 26.0 Å². The third-order valence-electron chi connectivity index (χ3n) is 3.73. The van der Waals surface area contributed by atoms with E-state index in [1.54, 1.807) is 0 Å². The Morgan fingerprint density at radius 1 is 1.26 bits per heavy atom. The summed E-state index contributed by atoms with van der Waals surface area (Å²) in [6.07, 6.45) is 2.22. The van der Waals surface area contributed by atoms with Gasteiger partial charge in [0.15, 0.2) is 0 Å². The lowest BCUT2D eigenvalue weighted by Gasteiger charge is -2.30. The lowest BCUT2D eigenvalue weighted by molar-refractivity contribution is 0.551. The number of anilines is 1. The molecule has 0 bridgehead atoms. The van der Waals surface area contributed by atoms with Crippen molar-refractivity contribution in [1.29, 1.82) is 0 Å². The summed E-state index contributed by atoms with van der Waals surface area (Å²) in [5, 5.41) is 0. The molecule has 0 aliphatic rings. The molecule has 0 spiro atoms. The molecule has 1 heterocycles. The number of rotatable bonds is 6. The highest BCUT2D eigenvalue weighted by Gasteiger charge is 2.20. The molecule has 0 N–H and O–H groups in total. The molecule has 0 unspecified atom stereocenters. The molecule has 0 fully saturated rings. The van der Waals surface area contributed by atoms with Crippen LogP contribution in [0.3, 0.4) is 0 Å². The number of para-hydroxylation sites is 2. The first kappa shape index (κ1) is 14.2. The van der Waals surface area contributed by atoms with Gasteiger partial charge < -0.3 is 9.47 Å². The number of benzene rings is 1. The summed E-state index contributed by atoms with van der Waals surface area (Å²) in [7, 11) is 2.08. The predicted octanol–water partition coefficient (Wildman–Crippen LogP) is 3.81. The van der Waals surface area contributed by atoms with E-state index in [0.717, 1.165) is 30.9 Å². The lowest BCUT2D eigenvalue weighted by Crippen LogP contribution is -2.37. The largest absolute Gasteiger partial charge is 0.338 e. The summed E-state index contributed by atoms with van der Waals surface area (Å²) in [5.41, 5.74) is 2.22. The number of halogens is 1. The van der Waals surface area contributed by atoms with Crippen LogP contribution in [0.4, 0.5) is 5.95 Å². The Morgan fingerprint density at radius 2 is 1.95 bits per heavy atom. The summed E-state index contributed by atoms with van der Waals surface area (Å²) in [4.78, 5) is 7.12. The van der Waals surface area contributed by atoms with Crippen LogP contribution in [0.15, 0.2) is 24.3 Å². The predicted molar refractivity (Wildman–Crippen MR) is 83.2 cm³/mol. The zero-order chi connectivity index (χ0) is 13.8. The van der Waals surface area contributed by atoms with Gasteiger partial charge in [-0.05, 0) is 25.0 Å². The van der Waals surface area contributed by atoms with Crippen LogP contribution in [0.1, 0.15) is 26.7 Å². The number of hydrogen-bond acceptors (Lipinski definition) is 2. The molecule has 3 nitrogen and oxygen atoms in total. The number of aryl methyl sites for hydroxylation is 1. The Bertz CT molecular complexity index is 531. The molecule has 0 saturated heterocycles. The van der Waals surface area contributed by atoms with E-state index in [9.17, 15) is 0 Å². The number of hydrogen-bond donors (Lipinski definition) is 0. The van der Waals surface area contributed by atoms with E-state index in [1.807, 2.05) is 6.07 Å². The Hall–Kier alpha value is -1.22. The third-order valence-corrected chi connectivity index (χ3v) is 3.90. The molecule has 0 saturated carbocycles. The monoisotopic (exact) mass is 279 g/mol. The first-order chi connectivity index (χ1) is 9.22. The molecular formula is C15H22ClN3. The van der Waals surface area contributed by atoms with E-state index >= 15 is 0 Å². The highest BCUT2D eigenvalue weighted by atomic mass is 35.5. The first-order valence-corrected chi connectivity index (χ1v) is 7.50. The number of fused-ring (bicyclic) bond motifs is 1. The van der Waals surface area contributed by atoms with Gasteiger partial charge in [-0.15, -0.1) is 11.6 Å². The van der Waals surface area contributed by atoms with E-state index in [1.165, 1.54) is 5.52 Å². The average molecular weight is 280 g/mol. The molecule has 19 heavy (non-hydrogen) atoms. The van der Waals surface area contributed by atoms with Crippen molar-refractivity contribution < 1.29 is 0 Å². The second-order valence-electron chi connectivity index (χ2n) is 4.81. The smallest absolute Gasteiger partial charge is 0.206 e. The minimum Gasteiger partial charge on any atom is -0.338 e. The zero-order valence-electron chi connectivity index (χ0n) is 11.9. The number of nitrogens with zero attached hydrogens (tertiary/aromatic N) is 3. The molecule has 0 amide bonds. The molecule has 1 aromatic heterocycles. The second kappa shape index (κ2) is 6.29. The van der Waals surface area contributed by atoms with Gasteiger partial charge >= 0.3 is 0 Å². The van der Waals surface area contributed by atoms with Crippen molar-refractivity contribution in [3.63, 3.8) is 0 Å². The molecule has 0 aliphatic heterocycles. The van der Waals surface area contributed by atoms with E-state index < -0.39 is 0 Å². The standard InChI is InChI=1S/C15H22ClN3/c1-4-12(5-2)19(11-10-16)15-17-13-8-6-7-9-14(13)18(15)3/h6-9,12H,4-5,10-11H2,1-3H3. The van der Waals surface area contributed by atoms with Crippen LogP contribution in [-0.2, 0) is 7.05 Å². The zero-order valence-corrected chi connectivity index (χ0v) is 12.7. The molecule has 0 radical (unpaired) electrons. The molecule has 1 aromatic carbocycles. The van der Waals surface area contributed by atoms with Crippen molar-refractivity contribution in [3.8, 4) is 0 Å². The van der Waals surface area contributed by atoms with Gasteiger partial charge in [-0.3, -0.25) is 0 Å². The molecular weight excluding hydrogens is 258 g/mol. The highest BCUT2D eigenvalue weighted by Crippen LogP contribution is 2.24. The van der Waals surface area contributed by atoms with Crippen molar-refractivity contribution in [3.05, 3.63) is 24.3 Å². The van der Waals surface area contributed by atoms with Gasteiger partial charge in [-0.2, -0.15) is 0 Å². The first-order valence-electron chi connectivity index (χ1n) is 6.96. The minimum atomic E-state index is 0.495. The SMILES string of the molecule is CCC(CC)N(CCCl)c1nc2ccccc2n1C. The van der Waals surface area contributed by atoms with Crippen LogP contribution in [-0.4, -0.2) is 28.0 Å². The molecule has 0 atom stereocenters. The van der Waals surface area contributed by atoms with Crippen LogP contribution in [0.25, 0.3) is 11.0 Å². The van der Waals surface area contributed by atoms with Crippen molar-refractivity contribution in [2.45, 2.75) is 32.7 Å². The van der Waals surface area contributed by atoms with E-state index in [2.05, 4.69) is 48.6 Å². The molecule has 0 aliphatic carbocycles. The minimum absolute atomic E-state index is 0.495. The van der Waals surface area contributed by atoms with Crippen LogP contribution in [0, 0.1) is 0 Å². The van der Waals surface area contributed by atoms with Crippen LogP contribution in [0.2, 0.25) is 0 Å². The lowest BCUT2D eigenvalue weighted by atomic mass is 10.1. The van der Waals surface area contributed by atoms with Gasteiger partial charge in [0.2, 0.25) is 5.95 Å². The van der Waals surface area contributed by atoms with Gasteiger partial charge in [0.1, 0.15) is 0 Å². The number of imidazole rings is 1. The van der Waals surface area contributed by atoms with Crippen LogP contribution in [0.5, 0.6) is 0 Å². The maximum Gasteiger partial charge on any atom is 0.206 e. The van der Waals surface area contributed by atoms with Crippen molar-refractivity contribution in [2.75, 3.05) is 17.3 Å². The Morgan fingerprint density at radius 3 is 2.53 bits per heavy atom. The fourth-order valence-electron chi connectivity index (χ4n) is 2.66. The van der Waals surface area contributed by atoms with Gasteiger partial charge in [-0.25, -0.2) is 4.98 Å². The van der Waals surface area contributed by atoms with Crippen molar-refractivity contribution in [2.24, 2.45) is 7.05 Å². The maximum absolute atomic E-state index is 5.98. The van der Waals surface area contributed by atoms with Crippen LogP contribution < -0.4 is 4.90 Å². The number of alkyl halides is 1. The van der Waals surface area contributed by atoms with Crippen LogP contribution >= 0.6 is 11.6 Å². The number of aromatic nitrogens is 2. The summed E-state index contributed by atoms with van der Waals surface area (Å²) in [6, 6.07) is 8.75. The fraction of sp³-hybridized carbons (Fsp3) is 0.533. The van der Waals surface area contributed by atoms with Gasteiger partial charge in [0.05, 0.1) is 11.0 Å². The maximum atomic E-state index is 5.98. The quantitative estimate of drug-likeness (QED) is 0.750. The summed E-state index contributed by atoms with van der Waals surface area (Å²) >= 11 is 5.98. The molecule has 104 valence electrons. The summed E-state index contributed by atoms with van der Waals surface area (Å²) in [5.74, 6) is 1.65. The van der Waals surface area contributed by atoms with Gasteiger partial charge in [0, 0.05) is 25.5 Å². The average Bonchev–Trinajstić information content (AvgIpc) is 2.77. The van der Waals surface area contributed by atoms with Gasteiger partial charge in [0.25, 0.3) is 0 Å². The summed E-state index contributed by atoms with van der Waals surface area (Å²) < 4.78 is 2.17. The van der Waals surface area contributed by atoms with Crippen molar-refractivity contribution >= 4 is 28.6 Å².